The minimum absolute atomic E-state index is 0.119. The van der Waals surface area contributed by atoms with Gasteiger partial charge in [0.25, 0.3) is 0 Å². The van der Waals surface area contributed by atoms with E-state index in [0.717, 1.165) is 50.4 Å². The second-order valence-corrected chi connectivity index (χ2v) is 7.88. The highest BCUT2D eigenvalue weighted by molar-refractivity contribution is 5.78. The van der Waals surface area contributed by atoms with Gasteiger partial charge < -0.3 is 10.2 Å². The van der Waals surface area contributed by atoms with Crippen molar-refractivity contribution in [3.05, 3.63) is 35.6 Å². The maximum Gasteiger partial charge on any atom is 0.234 e. The number of likely N-dealkylation sites (tertiary alicyclic amines) is 1. The molecule has 1 N–H and O–H groups in total. The predicted molar refractivity (Wildman–Crippen MR) is 95.6 cm³/mol. The molecule has 2 aliphatic carbocycles. The summed E-state index contributed by atoms with van der Waals surface area (Å²) in [5.74, 6) is -0.0895. The Morgan fingerprint density at radius 2 is 1.92 bits per heavy atom. The molecule has 0 atom stereocenters. The normalized spacial score (nSPS) is 22.3. The van der Waals surface area contributed by atoms with Crippen LogP contribution in [0.15, 0.2) is 24.3 Å². The lowest BCUT2D eigenvalue weighted by Crippen LogP contribution is -2.48. The van der Waals surface area contributed by atoms with Crippen LogP contribution in [0.2, 0.25) is 0 Å². The lowest BCUT2D eigenvalue weighted by atomic mass is 10.0. The summed E-state index contributed by atoms with van der Waals surface area (Å²) in [6.45, 7) is 3.30. The first-order valence-electron chi connectivity index (χ1n) is 9.69. The molecule has 4 nitrogen and oxygen atoms in total. The first-order valence-corrected chi connectivity index (χ1v) is 9.69. The molecule has 1 amide bonds. The number of piperidine rings is 1. The Kier molecular flexibility index (Phi) is 5.04. The highest BCUT2D eigenvalue weighted by atomic mass is 19.1. The van der Waals surface area contributed by atoms with Crippen LogP contribution >= 0.6 is 0 Å². The number of carbonyl (C=O) groups excluding carboxylic acids is 1. The molecule has 1 aromatic rings. The number of carbonyl (C=O) groups is 1. The van der Waals surface area contributed by atoms with Crippen LogP contribution in [0.25, 0.3) is 0 Å². The van der Waals surface area contributed by atoms with Gasteiger partial charge in [-0.05, 0) is 56.2 Å². The van der Waals surface area contributed by atoms with Gasteiger partial charge in [-0.1, -0.05) is 12.1 Å². The number of nitrogens with one attached hydrogen (secondary N) is 1. The number of hydrogen-bond acceptors (Lipinski definition) is 3. The Morgan fingerprint density at radius 3 is 2.56 bits per heavy atom. The van der Waals surface area contributed by atoms with E-state index in [9.17, 15) is 9.18 Å². The largest absolute Gasteiger partial charge is 0.352 e. The van der Waals surface area contributed by atoms with E-state index in [4.69, 9.17) is 0 Å². The third-order valence-electron chi connectivity index (χ3n) is 5.64. The molecule has 0 radical (unpaired) electrons. The molecule has 5 heteroatoms. The van der Waals surface area contributed by atoms with Crippen LogP contribution in [0, 0.1) is 5.82 Å². The van der Waals surface area contributed by atoms with Crippen molar-refractivity contribution in [3.8, 4) is 0 Å². The van der Waals surface area contributed by atoms with Gasteiger partial charge in [0.2, 0.25) is 5.91 Å². The molecule has 0 spiro atoms. The van der Waals surface area contributed by atoms with E-state index in [2.05, 4.69) is 15.1 Å². The monoisotopic (exact) mass is 345 g/mol. The maximum absolute atomic E-state index is 13.4. The van der Waals surface area contributed by atoms with Crippen molar-refractivity contribution < 1.29 is 9.18 Å². The van der Waals surface area contributed by atoms with Crippen molar-refractivity contribution in [2.75, 3.05) is 19.6 Å². The molecule has 4 rings (SSSR count). The van der Waals surface area contributed by atoms with Crippen LogP contribution in [-0.4, -0.2) is 53.5 Å². The molecule has 1 saturated heterocycles. The quantitative estimate of drug-likeness (QED) is 0.825. The van der Waals surface area contributed by atoms with E-state index in [-0.39, 0.29) is 11.7 Å². The van der Waals surface area contributed by atoms with Crippen LogP contribution in [0.4, 0.5) is 4.39 Å². The minimum atomic E-state index is -0.208. The summed E-state index contributed by atoms with van der Waals surface area (Å²) in [5, 5.41) is 3.23. The average molecular weight is 345 g/mol. The molecule has 25 heavy (non-hydrogen) atoms. The summed E-state index contributed by atoms with van der Waals surface area (Å²) >= 11 is 0. The van der Waals surface area contributed by atoms with Gasteiger partial charge in [-0.2, -0.15) is 0 Å². The first-order chi connectivity index (χ1) is 12.2. The maximum atomic E-state index is 13.4. The molecule has 0 bridgehead atoms. The van der Waals surface area contributed by atoms with Crippen molar-refractivity contribution in [1.29, 1.82) is 0 Å². The van der Waals surface area contributed by atoms with Crippen LogP contribution in [-0.2, 0) is 11.3 Å². The summed E-state index contributed by atoms with van der Waals surface area (Å²) in [6, 6.07) is 8.33. The lowest BCUT2D eigenvalue weighted by molar-refractivity contribution is -0.123. The standard InChI is InChI=1S/C20H28FN3O/c21-16-3-1-2-15(12-16)13-24(19-6-7-19)14-20(25)22-17-8-10-23(11-9-17)18-4-5-18/h1-3,12,17-19H,4-11,13-14H2,(H,22,25). The Morgan fingerprint density at radius 1 is 1.16 bits per heavy atom. The summed E-state index contributed by atoms with van der Waals surface area (Å²) in [4.78, 5) is 17.3. The molecular weight excluding hydrogens is 317 g/mol. The van der Waals surface area contributed by atoms with Crippen molar-refractivity contribution in [3.63, 3.8) is 0 Å². The van der Waals surface area contributed by atoms with E-state index in [0.29, 0.717) is 25.2 Å². The Labute approximate surface area is 149 Å². The Balaban J connectivity index is 1.26. The van der Waals surface area contributed by atoms with Crippen LogP contribution in [0.3, 0.4) is 0 Å². The third-order valence-corrected chi connectivity index (χ3v) is 5.64. The van der Waals surface area contributed by atoms with E-state index in [1.807, 2.05) is 6.07 Å². The molecule has 136 valence electrons. The van der Waals surface area contributed by atoms with Gasteiger partial charge in [-0.25, -0.2) is 4.39 Å². The zero-order valence-electron chi connectivity index (χ0n) is 14.8. The fourth-order valence-electron chi connectivity index (χ4n) is 3.93. The van der Waals surface area contributed by atoms with E-state index in [1.165, 1.54) is 18.9 Å². The highest BCUT2D eigenvalue weighted by Gasteiger charge is 2.33. The van der Waals surface area contributed by atoms with E-state index < -0.39 is 0 Å². The van der Waals surface area contributed by atoms with Gasteiger partial charge in [0.15, 0.2) is 0 Å². The number of halogens is 1. The number of nitrogens with zero attached hydrogens (tertiary/aromatic N) is 2. The fourth-order valence-corrected chi connectivity index (χ4v) is 3.93. The summed E-state index contributed by atoms with van der Waals surface area (Å²) in [7, 11) is 0. The number of hydrogen-bond donors (Lipinski definition) is 1. The van der Waals surface area contributed by atoms with E-state index in [1.54, 1.807) is 12.1 Å². The molecule has 0 aromatic heterocycles. The Bertz CT molecular complexity index is 607. The molecule has 1 aromatic carbocycles. The Hall–Kier alpha value is -1.46. The SMILES string of the molecule is O=C(CN(Cc1cccc(F)c1)C1CC1)NC1CCN(C2CC2)CC1. The summed E-state index contributed by atoms with van der Waals surface area (Å²) in [6.07, 6.45) is 7.12. The molecule has 1 aliphatic heterocycles. The van der Waals surface area contributed by atoms with Gasteiger partial charge >= 0.3 is 0 Å². The minimum Gasteiger partial charge on any atom is -0.352 e. The summed E-state index contributed by atoms with van der Waals surface area (Å²) < 4.78 is 13.4. The fraction of sp³-hybridized carbons (Fsp3) is 0.650. The smallest absolute Gasteiger partial charge is 0.234 e. The van der Waals surface area contributed by atoms with Gasteiger partial charge in [-0.3, -0.25) is 9.69 Å². The number of benzene rings is 1. The molecule has 1 heterocycles. The number of rotatable bonds is 7. The van der Waals surface area contributed by atoms with E-state index >= 15 is 0 Å². The van der Waals surface area contributed by atoms with Gasteiger partial charge in [0.05, 0.1) is 6.54 Å². The zero-order valence-corrected chi connectivity index (χ0v) is 14.8. The topological polar surface area (TPSA) is 35.6 Å². The number of amides is 1. The van der Waals surface area contributed by atoms with Crippen LogP contribution < -0.4 is 5.32 Å². The molecular formula is C20H28FN3O. The predicted octanol–water partition coefficient (Wildman–Crippen LogP) is 2.53. The van der Waals surface area contributed by atoms with Gasteiger partial charge in [-0.15, -0.1) is 0 Å². The zero-order chi connectivity index (χ0) is 17.2. The van der Waals surface area contributed by atoms with Crippen molar-refractivity contribution in [2.24, 2.45) is 0 Å². The molecule has 3 fully saturated rings. The summed E-state index contributed by atoms with van der Waals surface area (Å²) in [5.41, 5.74) is 0.942. The highest BCUT2D eigenvalue weighted by Crippen LogP contribution is 2.30. The van der Waals surface area contributed by atoms with Gasteiger partial charge in [0.1, 0.15) is 5.82 Å². The first kappa shape index (κ1) is 17.0. The second-order valence-electron chi connectivity index (χ2n) is 7.88. The molecule has 0 unspecified atom stereocenters. The van der Waals surface area contributed by atoms with Crippen LogP contribution in [0.1, 0.15) is 44.1 Å². The molecule has 3 aliphatic rings. The average Bonchev–Trinajstić information content (AvgIpc) is 3.48. The van der Waals surface area contributed by atoms with Crippen molar-refractivity contribution >= 4 is 5.91 Å². The van der Waals surface area contributed by atoms with Crippen molar-refractivity contribution in [1.82, 2.24) is 15.1 Å². The van der Waals surface area contributed by atoms with Crippen LogP contribution in [0.5, 0.6) is 0 Å². The van der Waals surface area contributed by atoms with Crippen molar-refractivity contribution in [2.45, 2.75) is 63.2 Å². The van der Waals surface area contributed by atoms with Gasteiger partial charge in [0, 0.05) is 37.8 Å². The second kappa shape index (κ2) is 7.42. The third kappa shape index (κ3) is 4.79. The molecule has 2 saturated carbocycles. The lowest BCUT2D eigenvalue weighted by Gasteiger charge is -2.33.